The monoisotopic (exact) mass is 361 g/mol. The molecule has 2 aromatic rings. The van der Waals surface area contributed by atoms with Crippen LogP contribution in [-0.4, -0.2) is 12.5 Å². The zero-order valence-electron chi connectivity index (χ0n) is 13.9. The van der Waals surface area contributed by atoms with E-state index in [2.05, 4.69) is 5.32 Å². The molecule has 0 saturated heterocycles. The molecule has 136 valence electrons. The van der Waals surface area contributed by atoms with Gasteiger partial charge in [-0.25, -0.2) is 0 Å². The van der Waals surface area contributed by atoms with E-state index >= 15 is 0 Å². The van der Waals surface area contributed by atoms with E-state index < -0.39 is 11.7 Å². The van der Waals surface area contributed by atoms with Crippen molar-refractivity contribution < 1.29 is 22.7 Å². The molecule has 3 nitrogen and oxygen atoms in total. The lowest BCUT2D eigenvalue weighted by atomic mass is 10.00. The number of amides is 1. The molecule has 1 aliphatic carbocycles. The first kappa shape index (κ1) is 16.9. The second-order valence-corrected chi connectivity index (χ2v) is 6.80. The molecular formula is C20H18F3NO2. The Kier molecular flexibility index (Phi) is 4.13. The Hall–Kier alpha value is -2.50. The number of para-hydroxylation sites is 1. The number of carbonyl (C=O) groups is 1. The number of ether oxygens (including phenoxy) is 1. The smallest absolute Gasteiger partial charge is 0.416 e. The van der Waals surface area contributed by atoms with Gasteiger partial charge in [0.05, 0.1) is 18.2 Å². The molecule has 1 saturated carbocycles. The molecule has 0 unspecified atom stereocenters. The lowest BCUT2D eigenvalue weighted by molar-refractivity contribution is -0.137. The minimum Gasteiger partial charge on any atom is -0.493 e. The van der Waals surface area contributed by atoms with Crippen molar-refractivity contribution >= 4 is 5.91 Å². The average molecular weight is 361 g/mol. The topological polar surface area (TPSA) is 38.3 Å². The summed E-state index contributed by atoms with van der Waals surface area (Å²) in [5.41, 5.74) is 1.09. The van der Waals surface area contributed by atoms with Crippen molar-refractivity contribution in [2.75, 3.05) is 6.61 Å². The van der Waals surface area contributed by atoms with Gasteiger partial charge in [0, 0.05) is 17.9 Å². The summed E-state index contributed by atoms with van der Waals surface area (Å²) in [5, 5.41) is 3.07. The number of carbonyl (C=O) groups excluding carboxylic acids is 1. The van der Waals surface area contributed by atoms with Crippen molar-refractivity contribution in [3.63, 3.8) is 0 Å². The van der Waals surface area contributed by atoms with Gasteiger partial charge < -0.3 is 10.1 Å². The molecular weight excluding hydrogens is 343 g/mol. The van der Waals surface area contributed by atoms with Crippen LogP contribution in [0.5, 0.6) is 5.75 Å². The third kappa shape index (κ3) is 3.28. The maximum absolute atomic E-state index is 12.6. The molecule has 6 heteroatoms. The molecule has 4 rings (SSSR count). The molecule has 2 aromatic carbocycles. The van der Waals surface area contributed by atoms with Crippen LogP contribution in [0.1, 0.15) is 41.5 Å². The van der Waals surface area contributed by atoms with Gasteiger partial charge in [0.1, 0.15) is 5.75 Å². The Bertz CT molecular complexity index is 817. The molecule has 1 N–H and O–H groups in total. The largest absolute Gasteiger partial charge is 0.493 e. The van der Waals surface area contributed by atoms with Crippen molar-refractivity contribution in [3.05, 3.63) is 65.2 Å². The van der Waals surface area contributed by atoms with E-state index in [1.54, 1.807) is 0 Å². The third-order valence-electron chi connectivity index (χ3n) is 5.07. The number of hydrogen-bond donors (Lipinski definition) is 1. The fraction of sp³-hybridized carbons (Fsp3) is 0.350. The Morgan fingerprint density at radius 3 is 2.54 bits per heavy atom. The fourth-order valence-electron chi connectivity index (χ4n) is 3.54. The van der Waals surface area contributed by atoms with Gasteiger partial charge in [-0.1, -0.05) is 30.3 Å². The number of nitrogens with one attached hydrogen (secondary N) is 1. The van der Waals surface area contributed by atoms with Crippen LogP contribution in [-0.2, 0) is 11.0 Å². The van der Waals surface area contributed by atoms with Crippen LogP contribution in [0.15, 0.2) is 48.5 Å². The SMILES string of the molecule is O=C(N[C@@H]1CCOc2ccccc21)[C@@H]1C[C@@H]1c1ccc(C(F)(F)F)cc1. The molecule has 0 bridgehead atoms. The van der Waals surface area contributed by atoms with E-state index in [0.717, 1.165) is 29.0 Å². The molecule has 2 aliphatic rings. The van der Waals surface area contributed by atoms with Gasteiger partial charge in [-0.2, -0.15) is 13.2 Å². The van der Waals surface area contributed by atoms with Gasteiger partial charge >= 0.3 is 6.18 Å². The van der Waals surface area contributed by atoms with E-state index in [-0.39, 0.29) is 23.8 Å². The van der Waals surface area contributed by atoms with Gasteiger partial charge in [-0.3, -0.25) is 4.79 Å². The van der Waals surface area contributed by atoms with Crippen LogP contribution in [0.25, 0.3) is 0 Å². The fourth-order valence-corrected chi connectivity index (χ4v) is 3.54. The van der Waals surface area contributed by atoms with Crippen molar-refractivity contribution in [1.29, 1.82) is 0 Å². The summed E-state index contributed by atoms with van der Waals surface area (Å²) >= 11 is 0. The predicted molar refractivity (Wildman–Crippen MR) is 89.7 cm³/mol. The van der Waals surface area contributed by atoms with Gasteiger partial charge in [0.25, 0.3) is 0 Å². The van der Waals surface area contributed by atoms with Crippen LogP contribution >= 0.6 is 0 Å². The zero-order valence-corrected chi connectivity index (χ0v) is 13.9. The van der Waals surface area contributed by atoms with Crippen LogP contribution < -0.4 is 10.1 Å². The normalized spacial score (nSPS) is 24.3. The van der Waals surface area contributed by atoms with Crippen molar-refractivity contribution in [1.82, 2.24) is 5.32 Å². The van der Waals surface area contributed by atoms with Gasteiger partial charge in [-0.05, 0) is 36.1 Å². The number of alkyl halides is 3. The number of halogens is 3. The quantitative estimate of drug-likeness (QED) is 0.877. The Balaban J connectivity index is 1.41. The second kappa shape index (κ2) is 6.34. The van der Waals surface area contributed by atoms with Crippen LogP contribution in [0.2, 0.25) is 0 Å². The van der Waals surface area contributed by atoms with E-state index in [1.807, 2.05) is 24.3 Å². The van der Waals surface area contributed by atoms with E-state index in [4.69, 9.17) is 4.74 Å². The van der Waals surface area contributed by atoms with E-state index in [9.17, 15) is 18.0 Å². The highest BCUT2D eigenvalue weighted by Crippen LogP contribution is 2.48. The van der Waals surface area contributed by atoms with Gasteiger partial charge in [-0.15, -0.1) is 0 Å². The number of fused-ring (bicyclic) bond motifs is 1. The molecule has 1 amide bonds. The molecule has 1 fully saturated rings. The van der Waals surface area contributed by atoms with Crippen molar-refractivity contribution in [2.24, 2.45) is 5.92 Å². The van der Waals surface area contributed by atoms with E-state index in [0.29, 0.717) is 19.4 Å². The van der Waals surface area contributed by atoms with Gasteiger partial charge in [0.15, 0.2) is 0 Å². The van der Waals surface area contributed by atoms with E-state index in [1.165, 1.54) is 12.1 Å². The highest BCUT2D eigenvalue weighted by Gasteiger charge is 2.45. The zero-order chi connectivity index (χ0) is 18.3. The second-order valence-electron chi connectivity index (χ2n) is 6.80. The summed E-state index contributed by atoms with van der Waals surface area (Å²) in [6.07, 6.45) is -2.96. The summed E-state index contributed by atoms with van der Waals surface area (Å²) in [5.74, 6) is 0.560. The molecule has 26 heavy (non-hydrogen) atoms. The highest BCUT2D eigenvalue weighted by atomic mass is 19.4. The minimum atomic E-state index is -4.34. The summed E-state index contributed by atoms with van der Waals surface area (Å²) in [7, 11) is 0. The van der Waals surface area contributed by atoms with Crippen molar-refractivity contribution in [2.45, 2.75) is 31.0 Å². The summed E-state index contributed by atoms with van der Waals surface area (Å²) in [6.45, 7) is 0.551. The summed E-state index contributed by atoms with van der Waals surface area (Å²) < 4.78 is 43.5. The van der Waals surface area contributed by atoms with Crippen LogP contribution in [0, 0.1) is 5.92 Å². The Morgan fingerprint density at radius 2 is 1.81 bits per heavy atom. The predicted octanol–water partition coefficient (Wildman–Crippen LogP) is 4.45. The molecule has 0 spiro atoms. The average Bonchev–Trinajstić information content (AvgIpc) is 3.42. The first-order chi connectivity index (χ1) is 12.4. The highest BCUT2D eigenvalue weighted by molar-refractivity contribution is 5.83. The summed E-state index contributed by atoms with van der Waals surface area (Å²) in [6, 6.07) is 12.7. The maximum Gasteiger partial charge on any atom is 0.416 e. The molecule has 3 atom stereocenters. The number of benzene rings is 2. The third-order valence-corrected chi connectivity index (χ3v) is 5.07. The van der Waals surface area contributed by atoms with Crippen LogP contribution in [0.3, 0.4) is 0 Å². The molecule has 1 aliphatic heterocycles. The minimum absolute atomic E-state index is 0.00707. The van der Waals surface area contributed by atoms with Crippen molar-refractivity contribution in [3.8, 4) is 5.75 Å². The first-order valence-corrected chi connectivity index (χ1v) is 8.63. The molecule has 0 radical (unpaired) electrons. The lowest BCUT2D eigenvalue weighted by Gasteiger charge is -2.26. The molecule has 1 heterocycles. The molecule has 0 aromatic heterocycles. The number of hydrogen-bond acceptors (Lipinski definition) is 2. The Labute approximate surface area is 149 Å². The van der Waals surface area contributed by atoms with Crippen LogP contribution in [0.4, 0.5) is 13.2 Å². The first-order valence-electron chi connectivity index (χ1n) is 8.63. The number of rotatable bonds is 3. The standard InChI is InChI=1S/C20H18F3NO2/c21-20(22,23)13-7-5-12(6-8-13)15-11-16(15)19(25)24-17-9-10-26-18-4-2-1-3-14(17)18/h1-8,15-17H,9-11H2,(H,24,25)/t15-,16-,17-/m1/s1. The Morgan fingerprint density at radius 1 is 1.08 bits per heavy atom. The lowest BCUT2D eigenvalue weighted by Crippen LogP contribution is -2.33. The van der Waals surface area contributed by atoms with Gasteiger partial charge in [0.2, 0.25) is 5.91 Å². The maximum atomic E-state index is 12.6. The summed E-state index contributed by atoms with van der Waals surface area (Å²) in [4.78, 5) is 12.6.